The first-order valence-electron chi connectivity index (χ1n) is 5.86. The lowest BCUT2D eigenvalue weighted by atomic mass is 10.1. The van der Waals surface area contributed by atoms with Gasteiger partial charge in [0.25, 0.3) is 0 Å². The molecule has 0 aromatic carbocycles. The van der Waals surface area contributed by atoms with E-state index in [0.717, 1.165) is 32.5 Å². The molecule has 2 heteroatoms. The van der Waals surface area contributed by atoms with E-state index >= 15 is 0 Å². The molecule has 0 fully saturated rings. The van der Waals surface area contributed by atoms with Crippen LogP contribution in [0.15, 0.2) is 23.3 Å². The molecule has 0 spiro atoms. The van der Waals surface area contributed by atoms with Crippen LogP contribution in [-0.2, 0) is 0 Å². The third-order valence-corrected chi connectivity index (χ3v) is 2.24. The molecule has 3 N–H and O–H groups in total. The van der Waals surface area contributed by atoms with Gasteiger partial charge in [-0.3, -0.25) is 0 Å². The number of nitrogens with one attached hydrogen (secondary N) is 1. The molecule has 0 aliphatic carbocycles. The first-order valence-corrected chi connectivity index (χ1v) is 5.86. The Morgan fingerprint density at radius 1 is 1.20 bits per heavy atom. The Morgan fingerprint density at radius 2 is 1.93 bits per heavy atom. The highest BCUT2D eigenvalue weighted by molar-refractivity contribution is 5.02. The van der Waals surface area contributed by atoms with Crippen molar-refractivity contribution in [2.24, 2.45) is 5.73 Å². The normalized spacial score (nSPS) is 11.6. The van der Waals surface area contributed by atoms with Crippen LogP contribution in [0.3, 0.4) is 0 Å². The lowest BCUT2D eigenvalue weighted by Gasteiger charge is -2.01. The van der Waals surface area contributed by atoms with Crippen molar-refractivity contribution in [1.82, 2.24) is 5.32 Å². The van der Waals surface area contributed by atoms with Crippen LogP contribution in [0, 0.1) is 0 Å². The number of allylic oxidation sites excluding steroid dienone is 3. The Hall–Kier alpha value is -0.600. The van der Waals surface area contributed by atoms with Crippen LogP contribution in [0.4, 0.5) is 0 Å². The standard InChI is InChI=1S/C13H26N2/c1-12(2)6-4-7-13(3)8-11-15-10-5-9-14/h6,8,15H,4-5,7,9-11,14H2,1-3H3. The van der Waals surface area contributed by atoms with Gasteiger partial charge in [-0.15, -0.1) is 0 Å². The second kappa shape index (κ2) is 9.94. The van der Waals surface area contributed by atoms with Crippen molar-refractivity contribution >= 4 is 0 Å². The molecule has 0 aliphatic rings. The molecular weight excluding hydrogens is 184 g/mol. The van der Waals surface area contributed by atoms with Crippen LogP contribution in [0.1, 0.15) is 40.0 Å². The van der Waals surface area contributed by atoms with Gasteiger partial charge in [0, 0.05) is 6.54 Å². The fourth-order valence-electron chi connectivity index (χ4n) is 1.27. The van der Waals surface area contributed by atoms with Crippen molar-refractivity contribution in [1.29, 1.82) is 0 Å². The van der Waals surface area contributed by atoms with E-state index < -0.39 is 0 Å². The van der Waals surface area contributed by atoms with Gasteiger partial charge in [-0.25, -0.2) is 0 Å². The molecule has 0 bridgehead atoms. The summed E-state index contributed by atoms with van der Waals surface area (Å²) in [5.74, 6) is 0. The average molecular weight is 210 g/mol. The highest BCUT2D eigenvalue weighted by atomic mass is 14.8. The van der Waals surface area contributed by atoms with Crippen molar-refractivity contribution in [3.63, 3.8) is 0 Å². The lowest BCUT2D eigenvalue weighted by Crippen LogP contribution is -2.18. The van der Waals surface area contributed by atoms with Gasteiger partial charge in [-0.1, -0.05) is 23.3 Å². The van der Waals surface area contributed by atoms with Crippen molar-refractivity contribution in [2.45, 2.75) is 40.0 Å². The molecule has 15 heavy (non-hydrogen) atoms. The smallest absolute Gasteiger partial charge is 0.0137 e. The molecule has 0 amide bonds. The van der Waals surface area contributed by atoms with Crippen molar-refractivity contribution < 1.29 is 0 Å². The third-order valence-electron chi connectivity index (χ3n) is 2.24. The predicted octanol–water partition coefficient (Wildman–Crippen LogP) is 2.62. The monoisotopic (exact) mass is 210 g/mol. The number of hydrogen-bond acceptors (Lipinski definition) is 2. The summed E-state index contributed by atoms with van der Waals surface area (Å²) in [6.07, 6.45) is 7.95. The summed E-state index contributed by atoms with van der Waals surface area (Å²) in [5, 5.41) is 3.34. The van der Waals surface area contributed by atoms with Gasteiger partial charge < -0.3 is 11.1 Å². The first kappa shape index (κ1) is 14.4. The van der Waals surface area contributed by atoms with Gasteiger partial charge in [0.05, 0.1) is 0 Å². The van der Waals surface area contributed by atoms with Crippen LogP contribution in [0.2, 0.25) is 0 Å². The molecule has 0 saturated carbocycles. The molecule has 0 rings (SSSR count). The Labute approximate surface area is 94.6 Å². The van der Waals surface area contributed by atoms with E-state index in [9.17, 15) is 0 Å². The summed E-state index contributed by atoms with van der Waals surface area (Å²) in [6, 6.07) is 0. The van der Waals surface area contributed by atoms with E-state index in [1.807, 2.05) is 0 Å². The summed E-state index contributed by atoms with van der Waals surface area (Å²) >= 11 is 0. The van der Waals surface area contributed by atoms with Crippen molar-refractivity contribution in [3.8, 4) is 0 Å². The molecule has 0 saturated heterocycles. The minimum absolute atomic E-state index is 0.774. The lowest BCUT2D eigenvalue weighted by molar-refractivity contribution is 0.697. The zero-order chi connectivity index (χ0) is 11.5. The molecule has 0 aromatic heterocycles. The highest BCUT2D eigenvalue weighted by Gasteiger charge is 1.89. The number of rotatable bonds is 8. The average Bonchev–Trinajstić information content (AvgIpc) is 2.17. The molecule has 0 aliphatic heterocycles. The minimum atomic E-state index is 0.774. The quantitative estimate of drug-likeness (QED) is 0.477. The summed E-state index contributed by atoms with van der Waals surface area (Å²) < 4.78 is 0. The maximum absolute atomic E-state index is 5.40. The third kappa shape index (κ3) is 11.3. The van der Waals surface area contributed by atoms with Crippen LogP contribution < -0.4 is 11.1 Å². The summed E-state index contributed by atoms with van der Waals surface area (Å²) in [5.41, 5.74) is 8.27. The molecule has 2 nitrogen and oxygen atoms in total. The molecule has 0 atom stereocenters. The maximum Gasteiger partial charge on any atom is 0.0137 e. The molecule has 0 aromatic rings. The van der Waals surface area contributed by atoms with Gasteiger partial charge >= 0.3 is 0 Å². The molecule has 0 unspecified atom stereocenters. The highest BCUT2D eigenvalue weighted by Crippen LogP contribution is 2.05. The minimum Gasteiger partial charge on any atom is -0.330 e. The molecular formula is C13H26N2. The van der Waals surface area contributed by atoms with Gasteiger partial charge in [0.2, 0.25) is 0 Å². The Kier molecular flexibility index (Phi) is 9.54. The van der Waals surface area contributed by atoms with E-state index in [-0.39, 0.29) is 0 Å². The molecule has 88 valence electrons. The number of hydrogen-bond donors (Lipinski definition) is 2. The summed E-state index contributed by atoms with van der Waals surface area (Å²) in [7, 11) is 0. The first-order chi connectivity index (χ1) is 7.16. The Balaban J connectivity index is 3.48. The van der Waals surface area contributed by atoms with Crippen molar-refractivity contribution in [3.05, 3.63) is 23.3 Å². The van der Waals surface area contributed by atoms with Crippen LogP contribution >= 0.6 is 0 Å². The van der Waals surface area contributed by atoms with Crippen LogP contribution in [-0.4, -0.2) is 19.6 Å². The van der Waals surface area contributed by atoms with Gasteiger partial charge in [-0.05, 0) is 53.1 Å². The van der Waals surface area contributed by atoms with Gasteiger partial charge in [0.15, 0.2) is 0 Å². The second-order valence-electron chi connectivity index (χ2n) is 4.22. The zero-order valence-electron chi connectivity index (χ0n) is 10.5. The largest absolute Gasteiger partial charge is 0.330 e. The van der Waals surface area contributed by atoms with Crippen LogP contribution in [0.5, 0.6) is 0 Å². The van der Waals surface area contributed by atoms with Crippen molar-refractivity contribution in [2.75, 3.05) is 19.6 Å². The van der Waals surface area contributed by atoms with E-state index in [4.69, 9.17) is 5.73 Å². The Morgan fingerprint density at radius 3 is 2.53 bits per heavy atom. The van der Waals surface area contributed by atoms with E-state index in [0.29, 0.717) is 0 Å². The fraction of sp³-hybridized carbons (Fsp3) is 0.692. The Bertz CT molecular complexity index is 201. The number of nitrogens with two attached hydrogens (primary N) is 1. The van der Waals surface area contributed by atoms with Crippen LogP contribution in [0.25, 0.3) is 0 Å². The summed E-state index contributed by atoms with van der Waals surface area (Å²) in [6.45, 7) is 9.26. The van der Waals surface area contributed by atoms with Gasteiger partial charge in [-0.2, -0.15) is 0 Å². The SMILES string of the molecule is CC(C)=CCCC(C)=CCNCCCN. The molecule has 0 heterocycles. The molecule has 0 radical (unpaired) electrons. The topological polar surface area (TPSA) is 38.0 Å². The fourth-order valence-corrected chi connectivity index (χ4v) is 1.27. The zero-order valence-corrected chi connectivity index (χ0v) is 10.5. The predicted molar refractivity (Wildman–Crippen MR) is 69.0 cm³/mol. The van der Waals surface area contributed by atoms with E-state index in [1.165, 1.54) is 17.6 Å². The van der Waals surface area contributed by atoms with E-state index in [2.05, 4.69) is 38.2 Å². The maximum atomic E-state index is 5.40. The second-order valence-corrected chi connectivity index (χ2v) is 4.22. The summed E-state index contributed by atoms with van der Waals surface area (Å²) in [4.78, 5) is 0. The van der Waals surface area contributed by atoms with E-state index in [1.54, 1.807) is 0 Å². The van der Waals surface area contributed by atoms with Gasteiger partial charge in [0.1, 0.15) is 0 Å².